The van der Waals surface area contributed by atoms with Crippen molar-refractivity contribution in [2.24, 2.45) is 11.8 Å². The molecule has 0 spiro atoms. The minimum atomic E-state index is -0.778. The first kappa shape index (κ1) is 13.5. The van der Waals surface area contributed by atoms with Gasteiger partial charge in [0.05, 0.1) is 0 Å². The fraction of sp³-hybridized carbons (Fsp3) is 0.600. The number of halogens is 2. The molecule has 1 aliphatic rings. The van der Waals surface area contributed by atoms with Crippen LogP contribution >= 0.6 is 0 Å². The van der Waals surface area contributed by atoms with E-state index in [0.717, 1.165) is 23.9 Å². The van der Waals surface area contributed by atoms with E-state index in [1.165, 1.54) is 37.8 Å². The van der Waals surface area contributed by atoms with Crippen LogP contribution in [0, 0.1) is 23.5 Å². The van der Waals surface area contributed by atoms with Crippen LogP contribution in [0.1, 0.15) is 38.2 Å². The molecule has 1 aromatic carbocycles. The summed E-state index contributed by atoms with van der Waals surface area (Å²) in [5.41, 5.74) is 0.803. The van der Waals surface area contributed by atoms with Crippen LogP contribution in [-0.2, 0) is 6.54 Å². The smallest absolute Gasteiger partial charge is 0.159 e. The average molecular weight is 253 g/mol. The second-order valence-electron chi connectivity index (χ2n) is 5.52. The number of hydrogen-bond acceptors (Lipinski definition) is 1. The zero-order valence-corrected chi connectivity index (χ0v) is 10.9. The SMILES string of the molecule is CC1CCCC(CNCc2ccc(F)c(F)c2)C1. The first-order valence-corrected chi connectivity index (χ1v) is 6.80. The van der Waals surface area contributed by atoms with Crippen molar-refractivity contribution in [3.63, 3.8) is 0 Å². The summed E-state index contributed by atoms with van der Waals surface area (Å²) >= 11 is 0. The molecule has 2 rings (SSSR count). The summed E-state index contributed by atoms with van der Waals surface area (Å²) in [6, 6.07) is 4.09. The Labute approximate surface area is 108 Å². The Morgan fingerprint density at radius 2 is 2.06 bits per heavy atom. The Hall–Kier alpha value is -0.960. The van der Waals surface area contributed by atoms with E-state index in [0.29, 0.717) is 6.54 Å². The van der Waals surface area contributed by atoms with Gasteiger partial charge in [0.2, 0.25) is 0 Å². The molecule has 0 radical (unpaired) electrons. The van der Waals surface area contributed by atoms with E-state index in [4.69, 9.17) is 0 Å². The maximum Gasteiger partial charge on any atom is 0.159 e. The van der Waals surface area contributed by atoms with E-state index < -0.39 is 11.6 Å². The highest BCUT2D eigenvalue weighted by Gasteiger charge is 2.18. The summed E-state index contributed by atoms with van der Waals surface area (Å²) in [5.74, 6) is 0.0216. The second-order valence-corrected chi connectivity index (χ2v) is 5.52. The third-order valence-corrected chi connectivity index (χ3v) is 3.79. The highest BCUT2D eigenvalue weighted by atomic mass is 19.2. The number of hydrogen-bond donors (Lipinski definition) is 1. The number of nitrogens with one attached hydrogen (secondary N) is 1. The Morgan fingerprint density at radius 1 is 1.22 bits per heavy atom. The third-order valence-electron chi connectivity index (χ3n) is 3.79. The summed E-state index contributed by atoms with van der Waals surface area (Å²) in [6.45, 7) is 3.90. The molecule has 1 aliphatic carbocycles. The van der Waals surface area contributed by atoms with Gasteiger partial charge >= 0.3 is 0 Å². The second kappa shape index (κ2) is 6.28. The van der Waals surface area contributed by atoms with Gasteiger partial charge in [-0.05, 0) is 48.9 Å². The van der Waals surface area contributed by atoms with Crippen LogP contribution in [0.5, 0.6) is 0 Å². The maximum atomic E-state index is 13.0. The van der Waals surface area contributed by atoms with E-state index in [1.54, 1.807) is 6.07 Å². The lowest BCUT2D eigenvalue weighted by Gasteiger charge is -2.26. The highest BCUT2D eigenvalue weighted by Crippen LogP contribution is 2.27. The van der Waals surface area contributed by atoms with Gasteiger partial charge in [-0.2, -0.15) is 0 Å². The summed E-state index contributed by atoms with van der Waals surface area (Å²) in [7, 11) is 0. The average Bonchev–Trinajstić information content (AvgIpc) is 2.34. The molecule has 1 N–H and O–H groups in total. The van der Waals surface area contributed by atoms with Crippen molar-refractivity contribution in [2.75, 3.05) is 6.54 Å². The van der Waals surface area contributed by atoms with Gasteiger partial charge in [-0.1, -0.05) is 25.8 Å². The topological polar surface area (TPSA) is 12.0 Å². The van der Waals surface area contributed by atoms with E-state index in [2.05, 4.69) is 12.2 Å². The Morgan fingerprint density at radius 3 is 2.78 bits per heavy atom. The Balaban J connectivity index is 1.76. The molecule has 1 aromatic rings. The van der Waals surface area contributed by atoms with Crippen molar-refractivity contribution in [3.8, 4) is 0 Å². The van der Waals surface area contributed by atoms with E-state index >= 15 is 0 Å². The molecule has 2 atom stereocenters. The molecule has 2 unspecified atom stereocenters. The van der Waals surface area contributed by atoms with E-state index in [-0.39, 0.29) is 0 Å². The van der Waals surface area contributed by atoms with Gasteiger partial charge in [-0.25, -0.2) is 8.78 Å². The van der Waals surface area contributed by atoms with E-state index in [1.807, 2.05) is 0 Å². The zero-order valence-electron chi connectivity index (χ0n) is 10.9. The number of benzene rings is 1. The standard InChI is InChI=1S/C15H21F2N/c1-11-3-2-4-12(7-11)9-18-10-13-5-6-14(16)15(17)8-13/h5-6,8,11-12,18H,2-4,7,9-10H2,1H3. The zero-order chi connectivity index (χ0) is 13.0. The summed E-state index contributed by atoms with van der Waals surface area (Å²) < 4.78 is 25.8. The van der Waals surface area contributed by atoms with Gasteiger partial charge in [0.25, 0.3) is 0 Å². The maximum absolute atomic E-state index is 13.0. The first-order chi connectivity index (χ1) is 8.65. The molecular formula is C15H21F2N. The van der Waals surface area contributed by atoms with Crippen LogP contribution in [-0.4, -0.2) is 6.54 Å². The Bertz CT molecular complexity index is 392. The van der Waals surface area contributed by atoms with Crippen LogP contribution in [0.2, 0.25) is 0 Å². The molecule has 0 amide bonds. The molecule has 1 nitrogen and oxygen atoms in total. The largest absolute Gasteiger partial charge is 0.312 e. The molecule has 0 aromatic heterocycles. The molecule has 3 heteroatoms. The molecule has 0 saturated heterocycles. The summed E-state index contributed by atoms with van der Waals surface area (Å²) in [6.07, 6.45) is 5.23. The van der Waals surface area contributed by atoms with Crippen LogP contribution in [0.25, 0.3) is 0 Å². The molecule has 0 aliphatic heterocycles. The predicted octanol–water partition coefficient (Wildman–Crippen LogP) is 3.88. The van der Waals surface area contributed by atoms with Gasteiger partial charge in [0.15, 0.2) is 11.6 Å². The third kappa shape index (κ3) is 3.77. The van der Waals surface area contributed by atoms with Crippen LogP contribution in [0.3, 0.4) is 0 Å². The van der Waals surface area contributed by atoms with Gasteiger partial charge in [0, 0.05) is 6.54 Å². The summed E-state index contributed by atoms with van der Waals surface area (Å²) in [4.78, 5) is 0. The van der Waals surface area contributed by atoms with Gasteiger partial charge < -0.3 is 5.32 Å². The van der Waals surface area contributed by atoms with Crippen molar-refractivity contribution < 1.29 is 8.78 Å². The minimum absolute atomic E-state index is 0.613. The first-order valence-electron chi connectivity index (χ1n) is 6.80. The lowest BCUT2D eigenvalue weighted by atomic mass is 9.82. The Kier molecular flexibility index (Phi) is 4.70. The van der Waals surface area contributed by atoms with Crippen molar-refractivity contribution in [2.45, 2.75) is 39.2 Å². The lowest BCUT2D eigenvalue weighted by Crippen LogP contribution is -2.26. The molecule has 18 heavy (non-hydrogen) atoms. The highest BCUT2D eigenvalue weighted by molar-refractivity contribution is 5.17. The van der Waals surface area contributed by atoms with E-state index in [9.17, 15) is 8.78 Å². The van der Waals surface area contributed by atoms with Crippen LogP contribution in [0.4, 0.5) is 8.78 Å². The number of rotatable bonds is 4. The quantitative estimate of drug-likeness (QED) is 0.858. The van der Waals surface area contributed by atoms with Gasteiger partial charge in [-0.15, -0.1) is 0 Å². The molecule has 0 bridgehead atoms. The van der Waals surface area contributed by atoms with Gasteiger partial charge in [0.1, 0.15) is 0 Å². The molecular weight excluding hydrogens is 232 g/mol. The molecule has 1 saturated carbocycles. The fourth-order valence-electron chi connectivity index (χ4n) is 2.82. The predicted molar refractivity (Wildman–Crippen MR) is 69.2 cm³/mol. The summed E-state index contributed by atoms with van der Waals surface area (Å²) in [5, 5.41) is 3.35. The fourth-order valence-corrected chi connectivity index (χ4v) is 2.82. The van der Waals surface area contributed by atoms with Crippen molar-refractivity contribution in [3.05, 3.63) is 35.4 Å². The molecule has 100 valence electrons. The minimum Gasteiger partial charge on any atom is -0.312 e. The van der Waals surface area contributed by atoms with Gasteiger partial charge in [-0.3, -0.25) is 0 Å². The van der Waals surface area contributed by atoms with Crippen molar-refractivity contribution in [1.82, 2.24) is 5.32 Å². The molecule has 1 fully saturated rings. The van der Waals surface area contributed by atoms with Crippen molar-refractivity contribution in [1.29, 1.82) is 0 Å². The van der Waals surface area contributed by atoms with Crippen LogP contribution in [0.15, 0.2) is 18.2 Å². The van der Waals surface area contributed by atoms with Crippen LogP contribution < -0.4 is 5.32 Å². The van der Waals surface area contributed by atoms with Crippen molar-refractivity contribution >= 4 is 0 Å². The monoisotopic (exact) mass is 253 g/mol. The normalized spacial score (nSPS) is 24.2. The molecule has 0 heterocycles. The lowest BCUT2D eigenvalue weighted by molar-refractivity contribution is 0.274.